The lowest BCUT2D eigenvalue weighted by atomic mass is 10.0. The minimum absolute atomic E-state index is 0.0510. The normalized spacial score (nSPS) is 14.4. The van der Waals surface area contributed by atoms with Gasteiger partial charge in [-0.1, -0.05) is 37.3 Å². The van der Waals surface area contributed by atoms with Gasteiger partial charge < -0.3 is 23.8 Å². The Bertz CT molecular complexity index is 764. The Morgan fingerprint density at radius 1 is 0.969 bits per heavy atom. The Morgan fingerprint density at radius 2 is 1.50 bits per heavy atom. The van der Waals surface area contributed by atoms with Crippen LogP contribution in [-0.2, 0) is 34.5 Å². The molecule has 0 aliphatic carbocycles. The lowest BCUT2D eigenvalue weighted by molar-refractivity contribution is -0.146. The Hall–Kier alpha value is -1.89. The lowest BCUT2D eigenvalue weighted by Crippen LogP contribution is -2.47. The highest BCUT2D eigenvalue weighted by Crippen LogP contribution is 2.55. The number of esters is 1. The van der Waals surface area contributed by atoms with E-state index in [0.717, 1.165) is 5.56 Å². The summed E-state index contributed by atoms with van der Waals surface area (Å²) in [6.45, 7) is 14.2. The van der Waals surface area contributed by atoms with Gasteiger partial charge in [-0.15, -0.1) is 0 Å². The van der Waals surface area contributed by atoms with Crippen molar-refractivity contribution in [2.75, 3.05) is 12.8 Å². The van der Waals surface area contributed by atoms with Crippen LogP contribution in [0.1, 0.15) is 61.0 Å². The molecular formula is C23H38NO7P. The molecule has 1 aromatic rings. The van der Waals surface area contributed by atoms with Gasteiger partial charge in [-0.2, -0.15) is 0 Å². The van der Waals surface area contributed by atoms with Crippen molar-refractivity contribution in [1.29, 1.82) is 0 Å². The molecule has 1 amide bonds. The SMILES string of the molecule is CCOC(=O)[C@@H](NC(=O)OCc1ccccc1)[C@@H](C)CP(=O)(OC(C)(C)C)OC(C)(C)C. The van der Waals surface area contributed by atoms with Crippen LogP contribution in [-0.4, -0.2) is 42.1 Å². The van der Waals surface area contributed by atoms with Crippen LogP contribution in [0.4, 0.5) is 4.79 Å². The van der Waals surface area contributed by atoms with E-state index in [4.69, 9.17) is 18.5 Å². The molecule has 0 saturated heterocycles. The smallest absolute Gasteiger partial charge is 0.408 e. The van der Waals surface area contributed by atoms with E-state index in [1.54, 1.807) is 55.4 Å². The summed E-state index contributed by atoms with van der Waals surface area (Å²) in [5, 5.41) is 2.55. The molecule has 0 unspecified atom stereocenters. The molecule has 8 nitrogen and oxygen atoms in total. The third kappa shape index (κ3) is 11.1. The van der Waals surface area contributed by atoms with Crippen LogP contribution in [0.15, 0.2) is 30.3 Å². The van der Waals surface area contributed by atoms with Crippen molar-refractivity contribution in [2.45, 2.75) is 79.2 Å². The molecule has 2 atom stereocenters. The second-order valence-corrected chi connectivity index (χ2v) is 11.6. The zero-order valence-electron chi connectivity index (χ0n) is 20.5. The summed E-state index contributed by atoms with van der Waals surface area (Å²) in [4.78, 5) is 25.0. The molecule has 0 aliphatic rings. The van der Waals surface area contributed by atoms with Gasteiger partial charge >= 0.3 is 19.7 Å². The van der Waals surface area contributed by atoms with E-state index in [0.29, 0.717) is 0 Å². The van der Waals surface area contributed by atoms with Gasteiger partial charge in [0, 0.05) is 0 Å². The minimum Gasteiger partial charge on any atom is -0.464 e. The van der Waals surface area contributed by atoms with Crippen LogP contribution in [0, 0.1) is 5.92 Å². The van der Waals surface area contributed by atoms with Crippen molar-refractivity contribution in [3.8, 4) is 0 Å². The standard InChI is InChI=1S/C23H38NO7P/c1-9-28-20(25)19(24-21(26)29-15-18-13-11-10-12-14-18)17(2)16-32(27,30-22(3,4)5)31-23(6,7)8/h10-14,17,19H,9,15-16H2,1-8H3,(H,24,26)/t17-,19-/m0/s1. The monoisotopic (exact) mass is 471 g/mol. The number of nitrogens with one attached hydrogen (secondary N) is 1. The zero-order valence-corrected chi connectivity index (χ0v) is 21.4. The van der Waals surface area contributed by atoms with Crippen molar-refractivity contribution in [3.05, 3.63) is 35.9 Å². The summed E-state index contributed by atoms with van der Waals surface area (Å²) < 4.78 is 35.6. The topological polar surface area (TPSA) is 100 Å². The maximum Gasteiger partial charge on any atom is 0.408 e. The number of hydrogen-bond donors (Lipinski definition) is 1. The van der Waals surface area contributed by atoms with Gasteiger partial charge in [-0.3, -0.25) is 4.57 Å². The van der Waals surface area contributed by atoms with Gasteiger partial charge in [0.05, 0.1) is 24.0 Å². The van der Waals surface area contributed by atoms with E-state index in [1.165, 1.54) is 0 Å². The molecule has 0 radical (unpaired) electrons. The van der Waals surface area contributed by atoms with E-state index >= 15 is 0 Å². The molecule has 1 aromatic carbocycles. The number of amides is 1. The third-order valence-corrected chi connectivity index (χ3v) is 6.61. The van der Waals surface area contributed by atoms with E-state index in [2.05, 4.69) is 5.32 Å². The molecular weight excluding hydrogens is 433 g/mol. The number of alkyl carbamates (subject to hydrolysis) is 1. The first-order valence-electron chi connectivity index (χ1n) is 10.8. The number of carbonyl (C=O) groups is 2. The second-order valence-electron chi connectivity index (χ2n) is 9.61. The van der Waals surface area contributed by atoms with Crippen molar-refractivity contribution < 1.29 is 32.7 Å². The quantitative estimate of drug-likeness (QED) is 0.365. The Kier molecular flexibility index (Phi) is 10.4. The molecule has 0 bridgehead atoms. The van der Waals surface area contributed by atoms with Crippen LogP contribution in [0.25, 0.3) is 0 Å². The Morgan fingerprint density at radius 3 is 1.97 bits per heavy atom. The number of benzene rings is 1. The van der Waals surface area contributed by atoms with Crippen molar-refractivity contribution in [3.63, 3.8) is 0 Å². The van der Waals surface area contributed by atoms with Crippen LogP contribution < -0.4 is 5.32 Å². The largest absolute Gasteiger partial charge is 0.464 e. The average Bonchev–Trinajstić information content (AvgIpc) is 2.61. The number of hydrogen-bond acceptors (Lipinski definition) is 7. The first-order valence-corrected chi connectivity index (χ1v) is 12.5. The van der Waals surface area contributed by atoms with Crippen molar-refractivity contribution in [1.82, 2.24) is 5.32 Å². The summed E-state index contributed by atoms with van der Waals surface area (Å²) in [6, 6.07) is 8.09. The van der Waals surface area contributed by atoms with Gasteiger partial charge in [0.1, 0.15) is 12.6 Å². The van der Waals surface area contributed by atoms with Gasteiger partial charge in [-0.05, 0) is 59.9 Å². The molecule has 0 saturated carbocycles. The molecule has 32 heavy (non-hydrogen) atoms. The maximum absolute atomic E-state index is 13.6. The summed E-state index contributed by atoms with van der Waals surface area (Å²) in [7, 11) is -3.64. The highest BCUT2D eigenvalue weighted by atomic mass is 31.2. The van der Waals surface area contributed by atoms with E-state index < -0.39 is 42.8 Å². The van der Waals surface area contributed by atoms with Crippen LogP contribution in [0.5, 0.6) is 0 Å². The maximum atomic E-state index is 13.6. The third-order valence-electron chi connectivity index (χ3n) is 3.93. The lowest BCUT2D eigenvalue weighted by Gasteiger charge is -2.34. The zero-order chi connectivity index (χ0) is 24.6. The Balaban J connectivity index is 2.98. The van der Waals surface area contributed by atoms with Gasteiger partial charge in [0.25, 0.3) is 0 Å². The molecule has 9 heteroatoms. The number of rotatable bonds is 10. The highest BCUT2D eigenvalue weighted by Gasteiger charge is 2.40. The summed E-state index contributed by atoms with van der Waals surface area (Å²) in [5.41, 5.74) is -0.658. The van der Waals surface area contributed by atoms with E-state index in [1.807, 2.05) is 30.3 Å². The predicted molar refractivity (Wildman–Crippen MR) is 123 cm³/mol. The molecule has 182 valence electrons. The first kappa shape index (κ1) is 28.1. The van der Waals surface area contributed by atoms with Crippen LogP contribution in [0.3, 0.4) is 0 Å². The fourth-order valence-electron chi connectivity index (χ4n) is 2.94. The molecule has 0 fully saturated rings. The molecule has 0 aromatic heterocycles. The predicted octanol–water partition coefficient (Wildman–Crippen LogP) is 5.30. The minimum atomic E-state index is -3.64. The average molecular weight is 472 g/mol. The molecule has 1 N–H and O–H groups in total. The second kappa shape index (κ2) is 11.8. The summed E-state index contributed by atoms with van der Waals surface area (Å²) in [5.74, 6) is -1.26. The fourth-order valence-corrected chi connectivity index (χ4v) is 5.71. The molecule has 0 aliphatic heterocycles. The van der Waals surface area contributed by atoms with Crippen molar-refractivity contribution in [2.24, 2.45) is 5.92 Å². The molecule has 0 heterocycles. The van der Waals surface area contributed by atoms with Gasteiger partial charge in [0.2, 0.25) is 0 Å². The number of ether oxygens (including phenoxy) is 2. The van der Waals surface area contributed by atoms with E-state index in [9.17, 15) is 14.2 Å². The Labute approximate surface area is 191 Å². The highest BCUT2D eigenvalue weighted by molar-refractivity contribution is 7.53. The van der Waals surface area contributed by atoms with Crippen LogP contribution >= 0.6 is 7.60 Å². The van der Waals surface area contributed by atoms with E-state index in [-0.39, 0.29) is 19.4 Å². The molecule has 0 spiro atoms. The summed E-state index contributed by atoms with van der Waals surface area (Å²) in [6.07, 6.45) is -0.869. The fraction of sp³-hybridized carbons (Fsp3) is 0.652. The summed E-state index contributed by atoms with van der Waals surface area (Å²) >= 11 is 0. The van der Waals surface area contributed by atoms with Crippen LogP contribution in [0.2, 0.25) is 0 Å². The number of carbonyl (C=O) groups excluding carboxylic acids is 2. The van der Waals surface area contributed by atoms with Gasteiger partial charge in [-0.25, -0.2) is 9.59 Å². The van der Waals surface area contributed by atoms with Gasteiger partial charge in [0.15, 0.2) is 0 Å². The molecule has 1 rings (SSSR count). The first-order chi connectivity index (χ1) is 14.6. The van der Waals surface area contributed by atoms with Crippen molar-refractivity contribution >= 4 is 19.7 Å².